The van der Waals surface area contributed by atoms with Gasteiger partial charge in [0, 0.05) is 30.9 Å². The largest absolute Gasteiger partial charge is 0.492 e. The average Bonchev–Trinajstić information content (AvgIpc) is 2.94. The van der Waals surface area contributed by atoms with Crippen LogP contribution in [0.25, 0.3) is 10.4 Å². The molecule has 1 N–H and O–H groups in total. The van der Waals surface area contributed by atoms with Crippen molar-refractivity contribution >= 4 is 23.2 Å². The third kappa shape index (κ3) is 5.35. The molecule has 0 bridgehead atoms. The zero-order chi connectivity index (χ0) is 19.8. The maximum absolute atomic E-state index is 12.7. The first-order valence-corrected chi connectivity index (χ1v) is 10.9. The molecule has 2 amide bonds. The predicted octanol–water partition coefficient (Wildman–Crippen LogP) is 4.34. The van der Waals surface area contributed by atoms with Crippen LogP contribution in [0.4, 0.5) is 0 Å². The van der Waals surface area contributed by atoms with E-state index in [2.05, 4.69) is 5.32 Å². The minimum atomic E-state index is -0.181. The van der Waals surface area contributed by atoms with Gasteiger partial charge in [-0.05, 0) is 31.4 Å². The van der Waals surface area contributed by atoms with Crippen LogP contribution in [-0.4, -0.2) is 43.0 Å². The van der Waals surface area contributed by atoms with Crippen molar-refractivity contribution in [3.05, 3.63) is 41.3 Å². The monoisotopic (exact) mass is 400 g/mol. The maximum Gasteiger partial charge on any atom is 0.265 e. The molecule has 2 heterocycles. The minimum Gasteiger partial charge on any atom is -0.492 e. The molecule has 0 unspecified atom stereocenters. The number of hydrogen-bond acceptors (Lipinski definition) is 4. The summed E-state index contributed by atoms with van der Waals surface area (Å²) >= 11 is 1.42. The summed E-state index contributed by atoms with van der Waals surface area (Å²) in [6.07, 6.45) is 4.89. The summed E-state index contributed by atoms with van der Waals surface area (Å²) in [6.45, 7) is 4.43. The molecule has 1 aliphatic heterocycles. The van der Waals surface area contributed by atoms with Gasteiger partial charge in [0.05, 0.1) is 6.61 Å². The van der Waals surface area contributed by atoms with Gasteiger partial charge in [-0.2, -0.15) is 0 Å². The highest BCUT2D eigenvalue weighted by atomic mass is 32.1. The number of rotatable bonds is 7. The number of nitrogens with zero attached hydrogens (tertiary/aromatic N) is 1. The van der Waals surface area contributed by atoms with Crippen LogP contribution in [0.15, 0.2) is 36.4 Å². The number of thiophene rings is 1. The van der Waals surface area contributed by atoms with Crippen molar-refractivity contribution in [3.8, 4) is 16.2 Å². The summed E-state index contributed by atoms with van der Waals surface area (Å²) in [6, 6.07) is 11.9. The van der Waals surface area contributed by atoms with E-state index in [9.17, 15) is 9.59 Å². The molecule has 5 nitrogen and oxygen atoms in total. The normalized spacial score (nSPS) is 14.4. The lowest BCUT2D eigenvalue weighted by atomic mass is 10.2. The van der Waals surface area contributed by atoms with Crippen LogP contribution in [0.5, 0.6) is 5.75 Å². The second-order valence-electron chi connectivity index (χ2n) is 6.90. The molecule has 150 valence electrons. The Labute approximate surface area is 170 Å². The number of carbonyl (C=O) groups excluding carboxylic acids is 2. The zero-order valence-electron chi connectivity index (χ0n) is 16.4. The minimum absolute atomic E-state index is 0.128. The molecule has 3 rings (SSSR count). The fourth-order valence-electron chi connectivity index (χ4n) is 3.38. The lowest BCUT2D eigenvalue weighted by Crippen LogP contribution is -2.35. The summed E-state index contributed by atoms with van der Waals surface area (Å²) in [7, 11) is 0. The van der Waals surface area contributed by atoms with E-state index in [0.717, 1.165) is 36.4 Å². The summed E-state index contributed by atoms with van der Waals surface area (Å²) in [5.41, 5.74) is 1.06. The van der Waals surface area contributed by atoms with Crippen LogP contribution in [0, 0.1) is 0 Å². The van der Waals surface area contributed by atoms with Crippen LogP contribution in [0.2, 0.25) is 0 Å². The summed E-state index contributed by atoms with van der Waals surface area (Å²) < 4.78 is 5.67. The molecule has 0 saturated carbocycles. The van der Waals surface area contributed by atoms with Crippen LogP contribution in [0.3, 0.4) is 0 Å². The Bertz CT molecular complexity index is 780. The molecule has 0 spiro atoms. The van der Waals surface area contributed by atoms with Crippen LogP contribution in [0.1, 0.15) is 48.7 Å². The molecule has 0 atom stereocenters. The Balaban J connectivity index is 1.60. The maximum atomic E-state index is 12.7. The van der Waals surface area contributed by atoms with Crippen LogP contribution >= 0.6 is 11.3 Å². The lowest BCUT2D eigenvalue weighted by Gasteiger charge is -2.20. The highest BCUT2D eigenvalue weighted by molar-refractivity contribution is 7.17. The Morgan fingerprint density at radius 3 is 2.50 bits per heavy atom. The number of benzene rings is 1. The summed E-state index contributed by atoms with van der Waals surface area (Å²) in [5, 5.41) is 2.89. The molecule has 2 aromatic rings. The highest BCUT2D eigenvalue weighted by Crippen LogP contribution is 2.36. The van der Waals surface area contributed by atoms with E-state index in [-0.39, 0.29) is 11.8 Å². The number of likely N-dealkylation sites (tertiary alicyclic amines) is 1. The van der Waals surface area contributed by atoms with Crippen molar-refractivity contribution in [2.75, 3.05) is 26.2 Å². The molecule has 0 aliphatic carbocycles. The number of nitrogens with one attached hydrogen (secondary N) is 1. The van der Waals surface area contributed by atoms with E-state index in [1.54, 1.807) is 0 Å². The van der Waals surface area contributed by atoms with Gasteiger partial charge in [-0.1, -0.05) is 43.2 Å². The van der Waals surface area contributed by atoms with Gasteiger partial charge in [-0.15, -0.1) is 11.3 Å². The second-order valence-corrected chi connectivity index (χ2v) is 7.96. The Morgan fingerprint density at radius 2 is 1.82 bits per heavy atom. The molecule has 6 heteroatoms. The predicted molar refractivity (Wildman–Crippen MR) is 113 cm³/mol. The fourth-order valence-corrected chi connectivity index (χ4v) is 4.40. The zero-order valence-corrected chi connectivity index (χ0v) is 17.2. The van der Waals surface area contributed by atoms with Crippen molar-refractivity contribution in [1.29, 1.82) is 0 Å². The molecule has 1 saturated heterocycles. The van der Waals surface area contributed by atoms with Gasteiger partial charge >= 0.3 is 0 Å². The Kier molecular flexibility index (Phi) is 7.48. The van der Waals surface area contributed by atoms with E-state index in [4.69, 9.17) is 4.74 Å². The van der Waals surface area contributed by atoms with E-state index in [1.165, 1.54) is 24.2 Å². The van der Waals surface area contributed by atoms with Crippen molar-refractivity contribution in [3.63, 3.8) is 0 Å². The SMILES string of the molecule is CCOc1cc(-c2ccccc2)sc1C(=O)NCCC(=O)N1CCCCCC1. The molecule has 28 heavy (non-hydrogen) atoms. The molecule has 1 fully saturated rings. The van der Waals surface area contributed by atoms with Gasteiger partial charge in [0.25, 0.3) is 5.91 Å². The smallest absolute Gasteiger partial charge is 0.265 e. The van der Waals surface area contributed by atoms with Crippen molar-refractivity contribution in [2.45, 2.75) is 39.0 Å². The first-order valence-electron chi connectivity index (χ1n) is 10.1. The third-order valence-electron chi connectivity index (χ3n) is 4.85. The van der Waals surface area contributed by atoms with Gasteiger partial charge in [-0.3, -0.25) is 9.59 Å². The quantitative estimate of drug-likeness (QED) is 0.752. The number of hydrogen-bond donors (Lipinski definition) is 1. The van der Waals surface area contributed by atoms with Gasteiger partial charge < -0.3 is 15.0 Å². The first-order chi connectivity index (χ1) is 13.7. The third-order valence-corrected chi connectivity index (χ3v) is 6.01. The van der Waals surface area contributed by atoms with E-state index in [0.29, 0.717) is 30.2 Å². The second kappa shape index (κ2) is 10.3. The van der Waals surface area contributed by atoms with Gasteiger partial charge in [-0.25, -0.2) is 0 Å². The fraction of sp³-hybridized carbons (Fsp3) is 0.455. The van der Waals surface area contributed by atoms with Gasteiger partial charge in [0.15, 0.2) is 0 Å². The van der Waals surface area contributed by atoms with E-state index in [1.807, 2.05) is 48.2 Å². The molecular weight excluding hydrogens is 372 g/mol. The highest BCUT2D eigenvalue weighted by Gasteiger charge is 2.19. The Morgan fingerprint density at radius 1 is 1.11 bits per heavy atom. The first kappa shape index (κ1) is 20.4. The van der Waals surface area contributed by atoms with Gasteiger partial charge in [0.1, 0.15) is 10.6 Å². The van der Waals surface area contributed by atoms with Gasteiger partial charge in [0.2, 0.25) is 5.91 Å². The molecule has 1 aromatic heterocycles. The summed E-state index contributed by atoms with van der Waals surface area (Å²) in [4.78, 5) is 28.6. The van der Waals surface area contributed by atoms with Crippen molar-refractivity contribution in [2.24, 2.45) is 0 Å². The average molecular weight is 401 g/mol. The molecule has 0 radical (unpaired) electrons. The van der Waals surface area contributed by atoms with Crippen LogP contribution < -0.4 is 10.1 Å². The molecule has 1 aliphatic rings. The number of carbonyl (C=O) groups is 2. The van der Waals surface area contributed by atoms with E-state index >= 15 is 0 Å². The molecule has 1 aromatic carbocycles. The lowest BCUT2D eigenvalue weighted by molar-refractivity contribution is -0.131. The number of ether oxygens (including phenoxy) is 1. The van der Waals surface area contributed by atoms with E-state index < -0.39 is 0 Å². The molecular formula is C22H28N2O3S. The standard InChI is InChI=1S/C22H28N2O3S/c1-2-27-18-16-19(17-10-6-5-7-11-17)28-21(18)22(26)23-13-12-20(25)24-14-8-3-4-9-15-24/h5-7,10-11,16H,2-4,8-9,12-15H2,1H3,(H,23,26). The summed E-state index contributed by atoms with van der Waals surface area (Å²) in [5.74, 6) is 0.547. The van der Waals surface area contributed by atoms with Crippen molar-refractivity contribution in [1.82, 2.24) is 10.2 Å². The Hall–Kier alpha value is -2.34. The van der Waals surface area contributed by atoms with Crippen molar-refractivity contribution < 1.29 is 14.3 Å². The van der Waals surface area contributed by atoms with Crippen LogP contribution in [-0.2, 0) is 4.79 Å². The number of amides is 2. The topological polar surface area (TPSA) is 58.6 Å².